The van der Waals surface area contributed by atoms with Crippen LogP contribution in [0, 0.1) is 17.7 Å². The van der Waals surface area contributed by atoms with Crippen LogP contribution in [0.15, 0.2) is 24.4 Å². The smallest absolute Gasteiger partial charge is 0.229 e. The van der Waals surface area contributed by atoms with Crippen molar-refractivity contribution in [1.29, 1.82) is 0 Å². The van der Waals surface area contributed by atoms with Gasteiger partial charge in [-0.25, -0.2) is 9.07 Å². The summed E-state index contributed by atoms with van der Waals surface area (Å²) in [7, 11) is 0. The number of amides is 2. The molecule has 0 bridgehead atoms. The van der Waals surface area contributed by atoms with E-state index in [0.29, 0.717) is 37.7 Å². The molecule has 1 aromatic carbocycles. The molecular formula is C24H31FN4O3. The first-order valence-corrected chi connectivity index (χ1v) is 11.7. The lowest BCUT2D eigenvalue weighted by molar-refractivity contribution is -0.136. The average Bonchev–Trinajstić information content (AvgIpc) is 3.51. The number of hydrogen-bond acceptors (Lipinski definition) is 5. The first kappa shape index (κ1) is 22.4. The monoisotopic (exact) mass is 442 g/mol. The van der Waals surface area contributed by atoms with Crippen molar-refractivity contribution in [3.8, 4) is 5.75 Å². The molecule has 1 N–H and O–H groups in total. The molecule has 0 radical (unpaired) electrons. The molecule has 172 valence electrons. The minimum absolute atomic E-state index is 0.103. The zero-order valence-corrected chi connectivity index (χ0v) is 18.6. The normalized spacial score (nSPS) is 19.6. The molecule has 1 saturated heterocycles. The van der Waals surface area contributed by atoms with E-state index in [1.165, 1.54) is 6.07 Å². The fourth-order valence-corrected chi connectivity index (χ4v) is 4.23. The number of rotatable bonds is 11. The standard InChI is InChI=1S/C24H31FN4O3/c1-2-17(19-8-10-21(25)22(12-19)32-15-16-6-7-16)14-29-20(13-26-28-29)5-3-4-18-9-11-23(30)27-24(18)31/h8,10,12-13,16-18H,2-7,9,11,14-15H2,1H3,(H,27,30,31)/t17-,18?/m0/s1. The van der Waals surface area contributed by atoms with Gasteiger partial charge in [0.15, 0.2) is 11.6 Å². The predicted octanol–water partition coefficient (Wildman–Crippen LogP) is 3.78. The highest BCUT2D eigenvalue weighted by molar-refractivity contribution is 5.98. The number of aromatic nitrogens is 3. The van der Waals surface area contributed by atoms with Gasteiger partial charge in [0.05, 0.1) is 18.5 Å². The highest BCUT2D eigenvalue weighted by atomic mass is 19.1. The molecule has 2 amide bonds. The predicted molar refractivity (Wildman–Crippen MR) is 116 cm³/mol. The molecule has 2 aromatic rings. The van der Waals surface area contributed by atoms with E-state index >= 15 is 0 Å². The van der Waals surface area contributed by atoms with Crippen LogP contribution in [-0.4, -0.2) is 33.4 Å². The minimum atomic E-state index is -0.320. The molecule has 2 aliphatic rings. The number of carbonyl (C=O) groups is 2. The summed E-state index contributed by atoms with van der Waals surface area (Å²) in [5.74, 6) is 0.298. The summed E-state index contributed by atoms with van der Waals surface area (Å²) >= 11 is 0. The number of piperidine rings is 1. The zero-order chi connectivity index (χ0) is 22.5. The largest absolute Gasteiger partial charge is 0.490 e. The molecule has 32 heavy (non-hydrogen) atoms. The van der Waals surface area contributed by atoms with Gasteiger partial charge >= 0.3 is 0 Å². The van der Waals surface area contributed by atoms with Gasteiger partial charge in [0.2, 0.25) is 11.8 Å². The maximum atomic E-state index is 14.2. The maximum absolute atomic E-state index is 14.2. The van der Waals surface area contributed by atoms with E-state index in [2.05, 4.69) is 22.6 Å². The summed E-state index contributed by atoms with van der Waals surface area (Å²) in [6.45, 7) is 3.34. The molecule has 8 heteroatoms. The van der Waals surface area contributed by atoms with Crippen LogP contribution < -0.4 is 10.1 Å². The molecule has 0 spiro atoms. The SMILES string of the molecule is CC[C@@H](Cn1nncc1CCCC1CCC(=O)NC1=O)c1ccc(F)c(OCC2CC2)c1. The number of nitrogens with one attached hydrogen (secondary N) is 1. The molecule has 7 nitrogen and oxygen atoms in total. The fourth-order valence-electron chi connectivity index (χ4n) is 4.23. The molecule has 2 fully saturated rings. The van der Waals surface area contributed by atoms with Crippen LogP contribution in [0.4, 0.5) is 4.39 Å². The van der Waals surface area contributed by atoms with Gasteiger partial charge in [-0.15, -0.1) is 5.10 Å². The Morgan fingerprint density at radius 3 is 2.88 bits per heavy atom. The van der Waals surface area contributed by atoms with Crippen molar-refractivity contribution in [1.82, 2.24) is 20.3 Å². The van der Waals surface area contributed by atoms with Crippen LogP contribution in [-0.2, 0) is 22.6 Å². The van der Waals surface area contributed by atoms with Gasteiger partial charge in [0.1, 0.15) is 0 Å². The summed E-state index contributed by atoms with van der Waals surface area (Å²) in [6, 6.07) is 5.14. The molecule has 1 aliphatic heterocycles. The molecule has 1 saturated carbocycles. The van der Waals surface area contributed by atoms with Gasteiger partial charge in [-0.05, 0) is 68.6 Å². The van der Waals surface area contributed by atoms with Crippen molar-refractivity contribution in [2.24, 2.45) is 11.8 Å². The van der Waals surface area contributed by atoms with Crippen LogP contribution in [0.25, 0.3) is 0 Å². The first-order valence-electron chi connectivity index (χ1n) is 11.7. The Morgan fingerprint density at radius 1 is 1.28 bits per heavy atom. The number of nitrogens with zero attached hydrogens (tertiary/aromatic N) is 3. The van der Waals surface area contributed by atoms with Gasteiger partial charge < -0.3 is 4.74 Å². The number of carbonyl (C=O) groups excluding carboxylic acids is 2. The number of aryl methyl sites for hydroxylation is 1. The van der Waals surface area contributed by atoms with E-state index in [4.69, 9.17) is 4.74 Å². The third-order valence-corrected chi connectivity index (χ3v) is 6.52. The quantitative estimate of drug-likeness (QED) is 0.536. The number of hydrogen-bond donors (Lipinski definition) is 1. The van der Waals surface area contributed by atoms with Crippen LogP contribution in [0.5, 0.6) is 5.75 Å². The van der Waals surface area contributed by atoms with Crippen molar-refractivity contribution in [2.45, 2.75) is 70.8 Å². The van der Waals surface area contributed by atoms with E-state index in [1.807, 2.05) is 16.8 Å². The van der Waals surface area contributed by atoms with E-state index in [9.17, 15) is 14.0 Å². The molecule has 1 aliphatic carbocycles. The molecule has 2 heterocycles. The highest BCUT2D eigenvalue weighted by Crippen LogP contribution is 2.32. The van der Waals surface area contributed by atoms with Crippen LogP contribution in [0.2, 0.25) is 0 Å². The second-order valence-electron chi connectivity index (χ2n) is 9.00. The maximum Gasteiger partial charge on any atom is 0.229 e. The molecule has 1 aromatic heterocycles. The second-order valence-corrected chi connectivity index (χ2v) is 9.00. The fraction of sp³-hybridized carbons (Fsp3) is 0.583. The molecule has 4 rings (SSSR count). The Morgan fingerprint density at radius 2 is 2.12 bits per heavy atom. The van der Waals surface area contributed by atoms with Crippen LogP contribution in [0.1, 0.15) is 69.0 Å². The summed E-state index contributed by atoms with van der Waals surface area (Å²) in [5, 5.41) is 10.8. The van der Waals surface area contributed by atoms with Crippen molar-refractivity contribution >= 4 is 11.8 Å². The first-order chi connectivity index (χ1) is 15.5. The summed E-state index contributed by atoms with van der Waals surface area (Å²) in [5.41, 5.74) is 2.05. The van der Waals surface area contributed by atoms with Gasteiger partial charge in [-0.3, -0.25) is 14.9 Å². The Hall–Kier alpha value is -2.77. The van der Waals surface area contributed by atoms with Gasteiger partial charge in [0.25, 0.3) is 0 Å². The third-order valence-electron chi connectivity index (χ3n) is 6.52. The molecule has 1 unspecified atom stereocenters. The average molecular weight is 443 g/mol. The van der Waals surface area contributed by atoms with E-state index < -0.39 is 0 Å². The number of imide groups is 1. The minimum Gasteiger partial charge on any atom is -0.490 e. The summed E-state index contributed by atoms with van der Waals surface area (Å²) in [4.78, 5) is 23.2. The van der Waals surface area contributed by atoms with E-state index in [0.717, 1.165) is 49.8 Å². The van der Waals surface area contributed by atoms with Gasteiger partial charge in [-0.2, -0.15) is 0 Å². The van der Waals surface area contributed by atoms with Crippen LogP contribution in [0.3, 0.4) is 0 Å². The highest BCUT2D eigenvalue weighted by Gasteiger charge is 2.26. The second kappa shape index (κ2) is 10.2. The van der Waals surface area contributed by atoms with Crippen molar-refractivity contribution < 1.29 is 18.7 Å². The number of ether oxygens (including phenoxy) is 1. The topological polar surface area (TPSA) is 86.1 Å². The Balaban J connectivity index is 1.35. The zero-order valence-electron chi connectivity index (χ0n) is 18.6. The lowest BCUT2D eigenvalue weighted by Gasteiger charge is -2.21. The number of benzene rings is 1. The number of halogens is 1. The van der Waals surface area contributed by atoms with E-state index in [1.54, 1.807) is 6.20 Å². The molecular weight excluding hydrogens is 411 g/mol. The lowest BCUT2D eigenvalue weighted by atomic mass is 9.92. The Labute approximate surface area is 187 Å². The Bertz CT molecular complexity index is 956. The van der Waals surface area contributed by atoms with Crippen molar-refractivity contribution in [3.63, 3.8) is 0 Å². The van der Waals surface area contributed by atoms with Crippen molar-refractivity contribution in [2.75, 3.05) is 6.61 Å². The Kier molecular flexibility index (Phi) is 7.17. The van der Waals surface area contributed by atoms with Gasteiger partial charge in [0, 0.05) is 24.8 Å². The van der Waals surface area contributed by atoms with Crippen LogP contribution >= 0.6 is 0 Å². The van der Waals surface area contributed by atoms with Crippen molar-refractivity contribution in [3.05, 3.63) is 41.5 Å². The van der Waals surface area contributed by atoms with Gasteiger partial charge in [-0.1, -0.05) is 18.2 Å². The summed E-state index contributed by atoms with van der Waals surface area (Å²) in [6.07, 6.45) is 8.34. The summed E-state index contributed by atoms with van der Waals surface area (Å²) < 4.78 is 21.8. The lowest BCUT2D eigenvalue weighted by Crippen LogP contribution is -2.40. The molecule has 2 atom stereocenters. The van der Waals surface area contributed by atoms with E-state index in [-0.39, 0.29) is 29.5 Å². The third kappa shape index (κ3) is 5.72.